The predicted octanol–water partition coefficient (Wildman–Crippen LogP) is 2.03. The number of hydrogen-bond acceptors (Lipinski definition) is 4. The van der Waals surface area contributed by atoms with Gasteiger partial charge in [0.25, 0.3) is 11.8 Å². The van der Waals surface area contributed by atoms with E-state index in [0.29, 0.717) is 12.2 Å². The number of pyridine rings is 2. The highest BCUT2D eigenvalue weighted by molar-refractivity contribution is 5.96. The van der Waals surface area contributed by atoms with Crippen molar-refractivity contribution in [2.45, 2.75) is 25.8 Å². The van der Waals surface area contributed by atoms with Crippen LogP contribution in [0.1, 0.15) is 45.8 Å². The van der Waals surface area contributed by atoms with Crippen molar-refractivity contribution in [2.24, 2.45) is 0 Å². The second-order valence-corrected chi connectivity index (χ2v) is 5.80. The van der Waals surface area contributed by atoms with E-state index in [2.05, 4.69) is 15.3 Å². The predicted molar refractivity (Wildman–Crippen MR) is 89.4 cm³/mol. The fourth-order valence-corrected chi connectivity index (χ4v) is 2.71. The maximum Gasteiger partial charge on any atom is 0.272 e. The zero-order valence-corrected chi connectivity index (χ0v) is 13.4. The van der Waals surface area contributed by atoms with Crippen LogP contribution < -0.4 is 5.32 Å². The maximum atomic E-state index is 12.5. The molecule has 0 spiro atoms. The number of nitrogens with one attached hydrogen (secondary N) is 1. The summed E-state index contributed by atoms with van der Waals surface area (Å²) in [6.45, 7) is 1.92. The summed E-state index contributed by atoms with van der Waals surface area (Å²) in [6, 6.07) is 8.66. The topological polar surface area (TPSA) is 75.2 Å². The van der Waals surface area contributed by atoms with Crippen molar-refractivity contribution < 1.29 is 9.59 Å². The molecule has 1 N–H and O–H groups in total. The molecule has 0 aromatic carbocycles. The molecule has 0 radical (unpaired) electrons. The van der Waals surface area contributed by atoms with Gasteiger partial charge in [0.1, 0.15) is 11.4 Å². The first-order valence-electron chi connectivity index (χ1n) is 8.17. The van der Waals surface area contributed by atoms with E-state index < -0.39 is 0 Å². The number of carbonyl (C=O) groups is 2. The van der Waals surface area contributed by atoms with Crippen LogP contribution in [-0.2, 0) is 6.54 Å². The van der Waals surface area contributed by atoms with E-state index >= 15 is 0 Å². The van der Waals surface area contributed by atoms with Crippen molar-refractivity contribution in [3.63, 3.8) is 0 Å². The number of likely N-dealkylation sites (tertiary alicyclic amines) is 1. The summed E-state index contributed by atoms with van der Waals surface area (Å²) in [5, 5.41) is 2.81. The Morgan fingerprint density at radius 2 is 1.71 bits per heavy atom. The van der Waals surface area contributed by atoms with E-state index in [9.17, 15) is 9.59 Å². The molecule has 2 aromatic heterocycles. The van der Waals surface area contributed by atoms with Crippen molar-refractivity contribution >= 4 is 11.8 Å². The molecule has 2 amide bonds. The number of carbonyl (C=O) groups excluding carboxylic acids is 2. The van der Waals surface area contributed by atoms with Crippen molar-refractivity contribution in [3.8, 4) is 0 Å². The minimum absolute atomic E-state index is 0.0986. The molecule has 6 nitrogen and oxygen atoms in total. The van der Waals surface area contributed by atoms with E-state index in [1.807, 2.05) is 17.0 Å². The van der Waals surface area contributed by atoms with Gasteiger partial charge in [0.2, 0.25) is 0 Å². The van der Waals surface area contributed by atoms with Gasteiger partial charge < -0.3 is 10.2 Å². The third-order valence-electron chi connectivity index (χ3n) is 4.05. The first-order valence-corrected chi connectivity index (χ1v) is 8.17. The van der Waals surface area contributed by atoms with Gasteiger partial charge in [0, 0.05) is 32.0 Å². The number of rotatable bonds is 4. The van der Waals surface area contributed by atoms with Crippen molar-refractivity contribution in [1.29, 1.82) is 0 Å². The molecule has 0 aliphatic carbocycles. The molecule has 1 saturated heterocycles. The lowest BCUT2D eigenvalue weighted by molar-refractivity contribution is 0.0718. The fraction of sp³-hybridized carbons (Fsp3) is 0.333. The Morgan fingerprint density at radius 1 is 1.00 bits per heavy atom. The Labute approximate surface area is 140 Å². The Morgan fingerprint density at radius 3 is 2.46 bits per heavy atom. The highest BCUT2D eigenvalue weighted by atomic mass is 16.2. The first-order chi connectivity index (χ1) is 11.7. The van der Waals surface area contributed by atoms with Crippen LogP contribution in [-0.4, -0.2) is 39.8 Å². The molecule has 3 heterocycles. The molecule has 3 rings (SSSR count). The molecule has 2 aromatic rings. The minimum Gasteiger partial charge on any atom is -0.347 e. The van der Waals surface area contributed by atoms with Gasteiger partial charge in [-0.2, -0.15) is 0 Å². The molecule has 124 valence electrons. The largest absolute Gasteiger partial charge is 0.347 e. The fourth-order valence-electron chi connectivity index (χ4n) is 2.71. The van der Waals surface area contributed by atoms with Crippen LogP contribution in [0.2, 0.25) is 0 Å². The van der Waals surface area contributed by atoms with E-state index in [1.54, 1.807) is 30.6 Å². The molecular formula is C18H20N4O2. The lowest BCUT2D eigenvalue weighted by Crippen LogP contribution is -2.36. The molecule has 1 fully saturated rings. The minimum atomic E-state index is -0.292. The summed E-state index contributed by atoms with van der Waals surface area (Å²) >= 11 is 0. The molecule has 24 heavy (non-hydrogen) atoms. The molecule has 6 heteroatoms. The number of nitrogens with zero attached hydrogens (tertiary/aromatic N) is 3. The highest BCUT2D eigenvalue weighted by Gasteiger charge is 2.20. The second kappa shape index (κ2) is 7.68. The number of piperidine rings is 1. The molecule has 1 aliphatic rings. The van der Waals surface area contributed by atoms with Gasteiger partial charge in [-0.1, -0.05) is 6.07 Å². The summed E-state index contributed by atoms with van der Waals surface area (Å²) in [5.74, 6) is -0.390. The van der Waals surface area contributed by atoms with E-state index in [-0.39, 0.29) is 17.5 Å². The Hall–Kier alpha value is -2.76. The van der Waals surface area contributed by atoms with Gasteiger partial charge in [0.05, 0.1) is 0 Å². The molecule has 1 aliphatic heterocycles. The monoisotopic (exact) mass is 324 g/mol. The van der Waals surface area contributed by atoms with Gasteiger partial charge in [-0.05, 0) is 49.1 Å². The number of hydrogen-bond donors (Lipinski definition) is 1. The molecule has 0 saturated carbocycles. The zero-order valence-electron chi connectivity index (χ0n) is 13.4. The number of amides is 2. The van der Waals surface area contributed by atoms with Crippen molar-refractivity contribution in [3.05, 3.63) is 59.7 Å². The number of aromatic nitrogens is 2. The van der Waals surface area contributed by atoms with Gasteiger partial charge in [0.15, 0.2) is 0 Å². The van der Waals surface area contributed by atoms with Crippen molar-refractivity contribution in [1.82, 2.24) is 20.2 Å². The molecule has 0 atom stereocenters. The van der Waals surface area contributed by atoms with Crippen molar-refractivity contribution in [2.75, 3.05) is 13.1 Å². The van der Waals surface area contributed by atoms with Crippen LogP contribution in [0, 0.1) is 0 Å². The summed E-state index contributed by atoms with van der Waals surface area (Å²) in [4.78, 5) is 34.7. The highest BCUT2D eigenvalue weighted by Crippen LogP contribution is 2.12. The average Bonchev–Trinajstić information content (AvgIpc) is 2.67. The summed E-state index contributed by atoms with van der Waals surface area (Å²) in [7, 11) is 0. The van der Waals surface area contributed by atoms with E-state index in [1.165, 1.54) is 0 Å². The van der Waals surface area contributed by atoms with Gasteiger partial charge >= 0.3 is 0 Å². The average molecular weight is 324 g/mol. The normalized spacial score (nSPS) is 14.2. The standard InChI is InChI=1S/C18H20N4O2/c23-17(20-13-14-7-9-19-10-8-14)15-5-4-6-16(21-15)18(24)22-11-2-1-3-12-22/h4-10H,1-3,11-13H2,(H,20,23). The summed E-state index contributed by atoms with van der Waals surface area (Å²) < 4.78 is 0. The smallest absolute Gasteiger partial charge is 0.272 e. The Bertz CT molecular complexity index is 712. The van der Waals surface area contributed by atoms with Crippen LogP contribution in [0.3, 0.4) is 0 Å². The molecular weight excluding hydrogens is 304 g/mol. The van der Waals surface area contributed by atoms with E-state index in [4.69, 9.17) is 0 Å². The van der Waals surface area contributed by atoms with Gasteiger partial charge in [-0.15, -0.1) is 0 Å². The third kappa shape index (κ3) is 3.95. The quantitative estimate of drug-likeness (QED) is 0.934. The van der Waals surface area contributed by atoms with Crippen LogP contribution in [0.4, 0.5) is 0 Å². The van der Waals surface area contributed by atoms with Crippen LogP contribution in [0.5, 0.6) is 0 Å². The Balaban J connectivity index is 1.65. The Kier molecular flexibility index (Phi) is 5.15. The lowest BCUT2D eigenvalue weighted by Gasteiger charge is -2.26. The zero-order chi connectivity index (χ0) is 16.8. The van der Waals surface area contributed by atoms with Gasteiger partial charge in [-0.25, -0.2) is 4.98 Å². The summed E-state index contributed by atoms with van der Waals surface area (Å²) in [5.41, 5.74) is 1.54. The first kappa shape index (κ1) is 16.1. The summed E-state index contributed by atoms with van der Waals surface area (Å²) in [6.07, 6.45) is 6.57. The third-order valence-corrected chi connectivity index (χ3v) is 4.05. The lowest BCUT2D eigenvalue weighted by atomic mass is 10.1. The second-order valence-electron chi connectivity index (χ2n) is 5.80. The molecule has 0 unspecified atom stereocenters. The molecule has 0 bridgehead atoms. The van der Waals surface area contributed by atoms with E-state index in [0.717, 1.165) is 37.9 Å². The van der Waals surface area contributed by atoms with Crippen LogP contribution in [0.25, 0.3) is 0 Å². The van der Waals surface area contributed by atoms with Crippen LogP contribution in [0.15, 0.2) is 42.7 Å². The maximum absolute atomic E-state index is 12.5. The SMILES string of the molecule is O=C(NCc1ccncc1)c1cccc(C(=O)N2CCCCC2)n1. The van der Waals surface area contributed by atoms with Crippen LogP contribution >= 0.6 is 0 Å². The van der Waals surface area contributed by atoms with Gasteiger partial charge in [-0.3, -0.25) is 14.6 Å².